The van der Waals surface area contributed by atoms with Crippen molar-refractivity contribution in [3.63, 3.8) is 0 Å². The third-order valence-electron chi connectivity index (χ3n) is 4.28. The number of carbonyl (C=O) groups is 2. The molecule has 4 N–H and O–H groups in total. The van der Waals surface area contributed by atoms with Gasteiger partial charge in [-0.3, -0.25) is 4.57 Å². The Hall–Kier alpha value is -3.99. The molecular formula is C17H16ClF3N8O6. The maximum absolute atomic E-state index is 13.0. The van der Waals surface area contributed by atoms with E-state index in [1.165, 1.54) is 12.4 Å². The summed E-state index contributed by atoms with van der Waals surface area (Å²) in [4.78, 5) is 40.9. The molecule has 1 saturated heterocycles. The van der Waals surface area contributed by atoms with Crippen molar-refractivity contribution in [3.05, 3.63) is 17.7 Å². The van der Waals surface area contributed by atoms with Gasteiger partial charge in [0, 0.05) is 25.5 Å². The highest BCUT2D eigenvalue weighted by Crippen LogP contribution is 2.31. The van der Waals surface area contributed by atoms with E-state index in [4.69, 9.17) is 32.3 Å². The molecule has 0 saturated carbocycles. The largest absolute Gasteiger partial charge is 0.516 e. The lowest BCUT2D eigenvalue weighted by Crippen LogP contribution is -2.37. The normalized spacial score (nSPS) is 13.8. The first kappa shape index (κ1) is 25.6. The van der Waals surface area contributed by atoms with Gasteiger partial charge in [-0.2, -0.15) is 13.2 Å². The van der Waals surface area contributed by atoms with Crippen LogP contribution in [0.4, 0.5) is 34.5 Å². The quantitative estimate of drug-likeness (QED) is 0.259. The number of morpholine rings is 1. The maximum Gasteiger partial charge on any atom is 0.516 e. The third kappa shape index (κ3) is 6.76. The first-order chi connectivity index (χ1) is 16.4. The third-order valence-corrected chi connectivity index (χ3v) is 4.57. The number of nitrogens with two attached hydrogens (primary N) is 1. The number of alkyl halides is 3. The minimum atomic E-state index is -4.49. The lowest BCUT2D eigenvalue weighted by atomic mass is 10.3. The molecule has 3 aromatic rings. The Bertz CT molecular complexity index is 1210. The number of hydrogen-bond acceptors (Lipinski definition) is 11. The number of rotatable bonds is 3. The Kier molecular flexibility index (Phi) is 7.70. The van der Waals surface area contributed by atoms with E-state index in [1.54, 1.807) is 0 Å². The molecule has 1 aliphatic heterocycles. The molecule has 188 valence electrons. The van der Waals surface area contributed by atoms with Crippen molar-refractivity contribution in [1.82, 2.24) is 29.5 Å². The Morgan fingerprint density at radius 2 is 1.71 bits per heavy atom. The number of anilines is 2. The van der Waals surface area contributed by atoms with Crippen LogP contribution < -0.4 is 10.6 Å². The number of imidazole rings is 1. The number of nitrogens with zero attached hydrogens (tertiary/aromatic N) is 7. The first-order valence-corrected chi connectivity index (χ1v) is 9.87. The molecule has 0 aliphatic carbocycles. The summed E-state index contributed by atoms with van der Waals surface area (Å²) in [5, 5.41) is 14.6. The second-order valence-electron chi connectivity index (χ2n) is 6.69. The summed E-state index contributed by atoms with van der Waals surface area (Å²) in [6.07, 6.45) is -5.32. The minimum Gasteiger partial charge on any atom is -0.449 e. The summed E-state index contributed by atoms with van der Waals surface area (Å²) in [7, 11) is 0. The van der Waals surface area contributed by atoms with Crippen LogP contribution in [0.3, 0.4) is 0 Å². The fourth-order valence-electron chi connectivity index (χ4n) is 2.93. The van der Waals surface area contributed by atoms with Crippen LogP contribution in [0.1, 0.15) is 0 Å². The molecule has 0 radical (unpaired) electrons. The van der Waals surface area contributed by atoms with Gasteiger partial charge in [0.2, 0.25) is 11.2 Å². The van der Waals surface area contributed by atoms with Gasteiger partial charge in [-0.1, -0.05) is 0 Å². The average molecular weight is 521 g/mol. The molecule has 1 aliphatic rings. The molecule has 1 fully saturated rings. The predicted octanol–water partition coefficient (Wildman–Crippen LogP) is 2.28. The van der Waals surface area contributed by atoms with Crippen LogP contribution in [0.15, 0.2) is 12.4 Å². The zero-order chi connectivity index (χ0) is 25.8. The summed E-state index contributed by atoms with van der Waals surface area (Å²) in [6.45, 7) is 0.617. The van der Waals surface area contributed by atoms with Crippen LogP contribution in [0.2, 0.25) is 5.28 Å². The van der Waals surface area contributed by atoms with Gasteiger partial charge in [0.1, 0.15) is 6.54 Å². The monoisotopic (exact) mass is 520 g/mol. The molecule has 0 unspecified atom stereocenters. The van der Waals surface area contributed by atoms with Crippen LogP contribution in [-0.2, 0) is 16.0 Å². The molecule has 0 amide bonds. The van der Waals surface area contributed by atoms with E-state index < -0.39 is 25.0 Å². The SMILES string of the molecule is Nc1ncc(-c2nc(N3CCOCC3)c3nc(Cl)n(CC(F)(F)F)c3n2)cn1.O=C(O)OC(=O)O. The molecule has 4 heterocycles. The second kappa shape index (κ2) is 10.5. The number of aromatic nitrogens is 6. The Morgan fingerprint density at radius 3 is 2.23 bits per heavy atom. The van der Waals surface area contributed by atoms with Gasteiger partial charge in [-0.05, 0) is 11.6 Å². The van der Waals surface area contributed by atoms with Crippen LogP contribution in [0.5, 0.6) is 0 Å². The highest BCUT2D eigenvalue weighted by Gasteiger charge is 2.32. The number of hydrogen-bond donors (Lipinski definition) is 3. The number of nitrogen functional groups attached to an aromatic ring is 1. The van der Waals surface area contributed by atoms with Gasteiger partial charge in [-0.25, -0.2) is 34.5 Å². The average Bonchev–Trinajstić information content (AvgIpc) is 3.07. The van der Waals surface area contributed by atoms with E-state index in [-0.39, 0.29) is 28.2 Å². The zero-order valence-electron chi connectivity index (χ0n) is 17.4. The Labute approximate surface area is 198 Å². The molecule has 3 aromatic heterocycles. The highest BCUT2D eigenvalue weighted by atomic mass is 35.5. The summed E-state index contributed by atoms with van der Waals surface area (Å²) >= 11 is 6.00. The van der Waals surface area contributed by atoms with Crippen LogP contribution >= 0.6 is 11.6 Å². The topological polar surface area (TPSA) is 192 Å². The van der Waals surface area contributed by atoms with Crippen molar-refractivity contribution in [3.8, 4) is 11.4 Å². The van der Waals surface area contributed by atoms with Crippen molar-refractivity contribution in [1.29, 1.82) is 0 Å². The van der Waals surface area contributed by atoms with E-state index in [2.05, 4.69) is 29.7 Å². The molecule has 0 bridgehead atoms. The maximum atomic E-state index is 13.0. The standard InChI is InChI=1S/C15H14ClF3N8O.C2H2O5/c16-13-23-9-11(26-1-3-28-4-2-26)24-10(8-5-21-14(20)22-6-8)25-12(9)27(13)7-15(17,18)19;3-1(4)7-2(5)6/h5-6H,1-4,7H2,(H2,20,21,22);(H,3,4)(H,5,6). The predicted molar refractivity (Wildman–Crippen MR) is 112 cm³/mol. The minimum absolute atomic E-state index is 0.0226. The Morgan fingerprint density at radius 1 is 1.11 bits per heavy atom. The fraction of sp³-hybridized carbons (Fsp3) is 0.353. The summed E-state index contributed by atoms with van der Waals surface area (Å²) in [6, 6.07) is 0. The molecule has 0 spiro atoms. The molecule has 0 atom stereocenters. The van der Waals surface area contributed by atoms with E-state index in [0.717, 1.165) is 4.57 Å². The van der Waals surface area contributed by atoms with E-state index in [1.807, 2.05) is 4.90 Å². The van der Waals surface area contributed by atoms with Crippen LogP contribution in [-0.4, -0.2) is 84.5 Å². The smallest absolute Gasteiger partial charge is 0.449 e. The fourth-order valence-corrected chi connectivity index (χ4v) is 3.16. The van der Waals surface area contributed by atoms with Gasteiger partial charge in [0.05, 0.1) is 18.8 Å². The zero-order valence-corrected chi connectivity index (χ0v) is 18.2. The number of carboxylic acid groups (broad SMARTS) is 2. The number of fused-ring (bicyclic) bond motifs is 1. The lowest BCUT2D eigenvalue weighted by molar-refractivity contribution is -0.140. The van der Waals surface area contributed by atoms with E-state index in [0.29, 0.717) is 37.7 Å². The van der Waals surface area contributed by atoms with Crippen molar-refractivity contribution in [2.45, 2.75) is 12.7 Å². The van der Waals surface area contributed by atoms with Gasteiger partial charge in [-0.15, -0.1) is 0 Å². The van der Waals surface area contributed by atoms with E-state index in [9.17, 15) is 22.8 Å². The summed E-state index contributed by atoms with van der Waals surface area (Å²) in [5.41, 5.74) is 6.07. The van der Waals surface area contributed by atoms with Crippen molar-refractivity contribution in [2.75, 3.05) is 36.9 Å². The summed E-state index contributed by atoms with van der Waals surface area (Å²) < 4.78 is 48.3. The van der Waals surface area contributed by atoms with Gasteiger partial charge in [0.15, 0.2) is 22.8 Å². The van der Waals surface area contributed by atoms with Crippen LogP contribution in [0, 0.1) is 0 Å². The summed E-state index contributed by atoms with van der Waals surface area (Å²) in [5.74, 6) is 0.584. The molecular weight excluding hydrogens is 505 g/mol. The molecule has 0 aromatic carbocycles. The highest BCUT2D eigenvalue weighted by molar-refractivity contribution is 6.29. The van der Waals surface area contributed by atoms with E-state index >= 15 is 0 Å². The molecule has 35 heavy (non-hydrogen) atoms. The molecule has 4 rings (SSSR count). The van der Waals surface area contributed by atoms with Crippen LogP contribution in [0.25, 0.3) is 22.6 Å². The van der Waals surface area contributed by atoms with Crippen molar-refractivity contribution < 1.29 is 42.4 Å². The van der Waals surface area contributed by atoms with Crippen molar-refractivity contribution in [2.24, 2.45) is 0 Å². The second-order valence-corrected chi connectivity index (χ2v) is 7.03. The molecule has 18 heteroatoms. The Balaban J connectivity index is 0.000000429. The number of halogens is 4. The van der Waals surface area contributed by atoms with Gasteiger partial charge in [0.25, 0.3) is 0 Å². The van der Waals surface area contributed by atoms with Crippen molar-refractivity contribution >= 4 is 46.8 Å². The first-order valence-electron chi connectivity index (χ1n) is 9.49. The lowest BCUT2D eigenvalue weighted by Gasteiger charge is -2.28. The van der Waals surface area contributed by atoms with Gasteiger partial charge < -0.3 is 30.3 Å². The molecule has 14 nitrogen and oxygen atoms in total. The van der Waals surface area contributed by atoms with Gasteiger partial charge >= 0.3 is 18.5 Å². The number of ether oxygens (including phenoxy) is 2.